The molecule has 0 fully saturated rings. The number of ether oxygens (including phenoxy) is 2. The number of carboxylic acid groups (broad SMARTS) is 1. The van der Waals surface area contributed by atoms with Gasteiger partial charge >= 0.3 is 5.97 Å². The minimum Gasteiger partial charge on any atom is -0.492 e. The van der Waals surface area contributed by atoms with Crippen molar-refractivity contribution in [3.63, 3.8) is 0 Å². The highest BCUT2D eigenvalue weighted by atomic mass is 16.5. The number of aliphatic carboxylic acids is 1. The average molecular weight is 436 g/mol. The van der Waals surface area contributed by atoms with Crippen LogP contribution in [0.3, 0.4) is 0 Å². The van der Waals surface area contributed by atoms with E-state index in [9.17, 15) is 9.90 Å². The quantitative estimate of drug-likeness (QED) is 0.422. The van der Waals surface area contributed by atoms with Crippen molar-refractivity contribution < 1.29 is 19.4 Å². The van der Waals surface area contributed by atoms with E-state index >= 15 is 0 Å². The van der Waals surface area contributed by atoms with Gasteiger partial charge in [0.15, 0.2) is 5.60 Å². The SMILES string of the molecule is CCOC(CC)(Cc1ccc(OCCn2c(C)cc(C)c2-c2ccccc2)cc1)C(=O)O. The number of aromatic nitrogens is 1. The molecule has 1 unspecified atom stereocenters. The Balaban J connectivity index is 1.65. The fraction of sp³-hybridized carbons (Fsp3) is 0.370. The van der Waals surface area contributed by atoms with Crippen molar-refractivity contribution in [1.29, 1.82) is 0 Å². The number of hydrogen-bond acceptors (Lipinski definition) is 3. The van der Waals surface area contributed by atoms with E-state index in [-0.39, 0.29) is 0 Å². The highest BCUT2D eigenvalue weighted by Gasteiger charge is 2.37. The van der Waals surface area contributed by atoms with Crippen LogP contribution in [0.5, 0.6) is 5.75 Å². The van der Waals surface area contributed by atoms with Crippen molar-refractivity contribution in [3.8, 4) is 17.0 Å². The average Bonchev–Trinajstić information content (AvgIpc) is 3.07. The van der Waals surface area contributed by atoms with Crippen LogP contribution in [-0.2, 0) is 22.5 Å². The molecule has 0 saturated heterocycles. The van der Waals surface area contributed by atoms with Gasteiger partial charge in [0.2, 0.25) is 0 Å². The lowest BCUT2D eigenvalue weighted by Crippen LogP contribution is -2.43. The zero-order valence-electron chi connectivity index (χ0n) is 19.4. The second kappa shape index (κ2) is 10.5. The van der Waals surface area contributed by atoms with E-state index in [2.05, 4.69) is 48.7 Å². The summed E-state index contributed by atoms with van der Waals surface area (Å²) >= 11 is 0. The smallest absolute Gasteiger partial charge is 0.336 e. The standard InChI is InChI=1S/C27H33NO4/c1-5-27(26(29)30,32-6-2)19-22-12-14-24(15-13-22)31-17-16-28-21(4)18-20(3)25(28)23-10-8-7-9-11-23/h7-15,18H,5-6,16-17,19H2,1-4H3,(H,29,30). The van der Waals surface area contributed by atoms with E-state index in [4.69, 9.17) is 9.47 Å². The summed E-state index contributed by atoms with van der Waals surface area (Å²) in [7, 11) is 0. The molecule has 1 atom stereocenters. The fourth-order valence-corrected chi connectivity index (χ4v) is 4.25. The predicted molar refractivity (Wildman–Crippen MR) is 127 cm³/mol. The maximum absolute atomic E-state index is 11.8. The molecule has 3 aromatic rings. The molecule has 1 aromatic heterocycles. The molecule has 2 aromatic carbocycles. The summed E-state index contributed by atoms with van der Waals surface area (Å²) in [6, 6.07) is 20.3. The van der Waals surface area contributed by atoms with Crippen LogP contribution in [0.1, 0.15) is 37.1 Å². The van der Waals surface area contributed by atoms with Crippen molar-refractivity contribution in [2.45, 2.75) is 52.7 Å². The Morgan fingerprint density at radius 3 is 2.31 bits per heavy atom. The number of hydrogen-bond donors (Lipinski definition) is 1. The summed E-state index contributed by atoms with van der Waals surface area (Å²) < 4.78 is 13.9. The second-order valence-corrected chi connectivity index (χ2v) is 8.09. The molecule has 5 nitrogen and oxygen atoms in total. The lowest BCUT2D eigenvalue weighted by Gasteiger charge is -2.28. The molecule has 1 N–H and O–H groups in total. The van der Waals surface area contributed by atoms with Gasteiger partial charge in [-0.2, -0.15) is 0 Å². The van der Waals surface area contributed by atoms with E-state index < -0.39 is 11.6 Å². The van der Waals surface area contributed by atoms with E-state index in [0.29, 0.717) is 26.1 Å². The van der Waals surface area contributed by atoms with Gasteiger partial charge in [-0.25, -0.2) is 4.79 Å². The summed E-state index contributed by atoms with van der Waals surface area (Å²) in [6.45, 7) is 9.58. The minimum absolute atomic E-state index is 0.329. The molecule has 0 aliphatic heterocycles. The van der Waals surface area contributed by atoms with Gasteiger partial charge in [0.1, 0.15) is 12.4 Å². The predicted octanol–water partition coefficient (Wildman–Crippen LogP) is 5.66. The normalized spacial score (nSPS) is 13.0. The summed E-state index contributed by atoms with van der Waals surface area (Å²) in [5.74, 6) is -0.154. The molecule has 170 valence electrons. The van der Waals surface area contributed by atoms with Crippen LogP contribution in [0, 0.1) is 13.8 Å². The van der Waals surface area contributed by atoms with E-state index in [1.165, 1.54) is 22.5 Å². The number of rotatable bonds is 11. The first-order valence-electron chi connectivity index (χ1n) is 11.2. The summed E-state index contributed by atoms with van der Waals surface area (Å²) in [6.07, 6.45) is 0.739. The molecule has 3 rings (SSSR count). The van der Waals surface area contributed by atoms with Gasteiger partial charge in [-0.05, 0) is 62.1 Å². The molecule has 0 aliphatic carbocycles. The molecular weight excluding hydrogens is 402 g/mol. The highest BCUT2D eigenvalue weighted by molar-refractivity contribution is 5.78. The van der Waals surface area contributed by atoms with E-state index in [1.54, 1.807) is 0 Å². The van der Waals surface area contributed by atoms with Crippen molar-refractivity contribution >= 4 is 5.97 Å². The first-order chi connectivity index (χ1) is 15.4. The lowest BCUT2D eigenvalue weighted by molar-refractivity contribution is -0.166. The van der Waals surface area contributed by atoms with Gasteiger partial charge in [0.25, 0.3) is 0 Å². The number of aryl methyl sites for hydroxylation is 2. The number of carbonyl (C=O) groups is 1. The first kappa shape index (κ1) is 23.6. The maximum Gasteiger partial charge on any atom is 0.336 e. The summed E-state index contributed by atoms with van der Waals surface area (Å²) in [5.41, 5.74) is 4.62. The van der Waals surface area contributed by atoms with Gasteiger partial charge in [-0.1, -0.05) is 49.4 Å². The molecule has 0 spiro atoms. The lowest BCUT2D eigenvalue weighted by atomic mass is 9.91. The van der Waals surface area contributed by atoms with Crippen molar-refractivity contribution in [1.82, 2.24) is 4.57 Å². The molecule has 0 amide bonds. The third-order valence-corrected chi connectivity index (χ3v) is 5.92. The summed E-state index contributed by atoms with van der Waals surface area (Å²) in [5, 5.41) is 9.67. The third kappa shape index (κ3) is 5.22. The van der Waals surface area contributed by atoms with Crippen molar-refractivity contribution in [3.05, 3.63) is 77.5 Å². The first-order valence-corrected chi connectivity index (χ1v) is 11.2. The van der Waals surface area contributed by atoms with Gasteiger partial charge in [-0.3, -0.25) is 0 Å². The monoisotopic (exact) mass is 435 g/mol. The van der Waals surface area contributed by atoms with Crippen LogP contribution in [0.15, 0.2) is 60.7 Å². The molecular formula is C27H33NO4. The number of carboxylic acids is 1. The van der Waals surface area contributed by atoms with Crippen LogP contribution in [0.25, 0.3) is 11.3 Å². The van der Waals surface area contributed by atoms with Crippen molar-refractivity contribution in [2.24, 2.45) is 0 Å². The molecule has 0 bridgehead atoms. The fourth-order valence-electron chi connectivity index (χ4n) is 4.25. The van der Waals surface area contributed by atoms with Crippen LogP contribution in [-0.4, -0.2) is 34.5 Å². The van der Waals surface area contributed by atoms with E-state index in [1.807, 2.05) is 44.2 Å². The van der Waals surface area contributed by atoms with Gasteiger partial charge in [0.05, 0.1) is 12.2 Å². The van der Waals surface area contributed by atoms with Crippen LogP contribution < -0.4 is 4.74 Å². The van der Waals surface area contributed by atoms with Crippen LogP contribution in [0.4, 0.5) is 0 Å². The van der Waals surface area contributed by atoms with Crippen LogP contribution >= 0.6 is 0 Å². The number of nitrogens with zero attached hydrogens (tertiary/aromatic N) is 1. The topological polar surface area (TPSA) is 60.7 Å². The Hall–Kier alpha value is -3.05. The molecule has 0 aliphatic rings. The molecule has 0 radical (unpaired) electrons. The summed E-state index contributed by atoms with van der Waals surface area (Å²) in [4.78, 5) is 11.8. The van der Waals surface area contributed by atoms with Gasteiger partial charge in [-0.15, -0.1) is 0 Å². The molecule has 32 heavy (non-hydrogen) atoms. The molecule has 5 heteroatoms. The maximum atomic E-state index is 11.8. The zero-order chi connectivity index (χ0) is 23.1. The zero-order valence-corrected chi connectivity index (χ0v) is 19.4. The Labute approximate surface area is 190 Å². The molecule has 0 saturated carbocycles. The van der Waals surface area contributed by atoms with Gasteiger partial charge in [0, 0.05) is 18.7 Å². The Bertz CT molecular complexity index is 1020. The Kier molecular flexibility index (Phi) is 7.75. The third-order valence-electron chi connectivity index (χ3n) is 5.92. The van der Waals surface area contributed by atoms with Crippen LogP contribution in [0.2, 0.25) is 0 Å². The minimum atomic E-state index is -1.19. The molecule has 1 heterocycles. The van der Waals surface area contributed by atoms with Crippen molar-refractivity contribution in [2.75, 3.05) is 13.2 Å². The largest absolute Gasteiger partial charge is 0.492 e. The second-order valence-electron chi connectivity index (χ2n) is 8.09. The highest BCUT2D eigenvalue weighted by Crippen LogP contribution is 2.27. The van der Waals surface area contributed by atoms with E-state index in [0.717, 1.165) is 17.9 Å². The van der Waals surface area contributed by atoms with Gasteiger partial charge < -0.3 is 19.1 Å². The Morgan fingerprint density at radius 1 is 1.03 bits per heavy atom. The number of benzene rings is 2. The Morgan fingerprint density at radius 2 is 1.72 bits per heavy atom.